The molecule has 2 aromatic carbocycles. The van der Waals surface area contributed by atoms with Crippen molar-refractivity contribution in [3.05, 3.63) is 64.4 Å². The van der Waals surface area contributed by atoms with Gasteiger partial charge in [-0.3, -0.25) is 9.69 Å². The molecule has 0 saturated carbocycles. The molecule has 4 nitrogen and oxygen atoms in total. The van der Waals surface area contributed by atoms with E-state index in [1.807, 2.05) is 30.3 Å². The van der Waals surface area contributed by atoms with Gasteiger partial charge in [-0.1, -0.05) is 45.0 Å². The second-order valence-electron chi connectivity index (χ2n) is 8.84. The Morgan fingerprint density at radius 2 is 1.79 bits per heavy atom. The lowest BCUT2D eigenvalue weighted by Crippen LogP contribution is -2.37. The lowest BCUT2D eigenvalue weighted by molar-refractivity contribution is 0.0674. The van der Waals surface area contributed by atoms with Crippen LogP contribution in [0.1, 0.15) is 61.7 Å². The summed E-state index contributed by atoms with van der Waals surface area (Å²) in [4.78, 5) is 15.1. The van der Waals surface area contributed by atoms with Gasteiger partial charge < -0.3 is 9.47 Å². The van der Waals surface area contributed by atoms with E-state index in [1.54, 1.807) is 0 Å². The monoisotopic (exact) mass is 377 g/mol. The first-order valence-electron chi connectivity index (χ1n) is 9.81. The third-order valence-electron chi connectivity index (χ3n) is 5.45. The first kappa shape index (κ1) is 18.8. The molecular weight excluding hydrogens is 350 g/mol. The van der Waals surface area contributed by atoms with Crippen LogP contribution in [0.2, 0.25) is 0 Å². The van der Waals surface area contributed by atoms with Gasteiger partial charge in [-0.05, 0) is 48.6 Å². The van der Waals surface area contributed by atoms with Crippen molar-refractivity contribution in [1.29, 1.82) is 0 Å². The quantitative estimate of drug-likeness (QED) is 0.678. The second kappa shape index (κ2) is 6.78. The molecule has 146 valence electrons. The van der Waals surface area contributed by atoms with Crippen molar-refractivity contribution in [2.24, 2.45) is 0 Å². The molecule has 0 N–H and O–H groups in total. The van der Waals surface area contributed by atoms with Crippen LogP contribution in [0.3, 0.4) is 0 Å². The van der Waals surface area contributed by atoms with Gasteiger partial charge in [-0.2, -0.15) is 0 Å². The van der Waals surface area contributed by atoms with Crippen LogP contribution in [0.25, 0.3) is 6.08 Å². The number of carbonyl (C=O) groups is 1. The predicted octanol–water partition coefficient (Wildman–Crippen LogP) is 5.16. The maximum absolute atomic E-state index is 12.9. The third kappa shape index (κ3) is 3.33. The van der Waals surface area contributed by atoms with E-state index in [0.29, 0.717) is 29.8 Å². The maximum Gasteiger partial charge on any atom is 0.231 e. The molecule has 0 saturated heterocycles. The van der Waals surface area contributed by atoms with E-state index in [4.69, 9.17) is 9.47 Å². The Morgan fingerprint density at radius 1 is 1.07 bits per heavy atom. The van der Waals surface area contributed by atoms with Gasteiger partial charge in [0, 0.05) is 12.6 Å². The minimum absolute atomic E-state index is 0.0700. The molecule has 28 heavy (non-hydrogen) atoms. The lowest BCUT2D eigenvalue weighted by atomic mass is 9.86. The van der Waals surface area contributed by atoms with Crippen LogP contribution in [-0.2, 0) is 12.0 Å². The molecular formula is C24H27NO3. The van der Waals surface area contributed by atoms with E-state index in [9.17, 15) is 4.79 Å². The van der Waals surface area contributed by atoms with E-state index in [2.05, 4.69) is 51.7 Å². The average molecular weight is 377 g/mol. The summed E-state index contributed by atoms with van der Waals surface area (Å²) >= 11 is 0. The highest BCUT2D eigenvalue weighted by atomic mass is 16.5. The fourth-order valence-corrected chi connectivity index (χ4v) is 3.54. The Kier molecular flexibility index (Phi) is 4.54. The number of hydrogen-bond donors (Lipinski definition) is 0. The molecule has 2 aliphatic heterocycles. The van der Waals surface area contributed by atoms with Gasteiger partial charge in [-0.25, -0.2) is 0 Å². The number of ether oxygens (including phenoxy) is 2. The van der Waals surface area contributed by atoms with E-state index in [-0.39, 0.29) is 11.2 Å². The molecule has 4 heteroatoms. The summed E-state index contributed by atoms with van der Waals surface area (Å²) in [5, 5.41) is 0. The standard InChI is InChI=1S/C24H27NO3/c1-15(2)25-13-19-20(27-14-25)11-10-18-22(26)21(28-23(18)19)12-16-6-8-17(9-7-16)24(3,4)5/h6-12,15H,13-14H2,1-5H3/b21-12-. The second-order valence-corrected chi connectivity index (χ2v) is 8.84. The number of hydrogen-bond acceptors (Lipinski definition) is 4. The van der Waals surface area contributed by atoms with Crippen LogP contribution in [0.15, 0.2) is 42.2 Å². The Morgan fingerprint density at radius 3 is 2.43 bits per heavy atom. The molecule has 0 fully saturated rings. The highest BCUT2D eigenvalue weighted by molar-refractivity contribution is 6.15. The van der Waals surface area contributed by atoms with E-state index < -0.39 is 0 Å². The summed E-state index contributed by atoms with van der Waals surface area (Å²) in [5.74, 6) is 1.75. The minimum Gasteiger partial charge on any atom is -0.478 e. The molecule has 0 radical (unpaired) electrons. The van der Waals surface area contributed by atoms with Gasteiger partial charge in [-0.15, -0.1) is 0 Å². The van der Waals surface area contributed by atoms with Crippen molar-refractivity contribution in [2.45, 2.75) is 52.6 Å². The van der Waals surface area contributed by atoms with E-state index >= 15 is 0 Å². The summed E-state index contributed by atoms with van der Waals surface area (Å²) in [5.41, 5.74) is 3.89. The van der Waals surface area contributed by atoms with Gasteiger partial charge in [0.05, 0.1) is 11.1 Å². The number of Topliss-reactive ketones (excluding diaryl/α,β-unsaturated/α-hetero) is 1. The molecule has 0 atom stereocenters. The molecule has 2 aliphatic rings. The first-order chi connectivity index (χ1) is 13.2. The van der Waals surface area contributed by atoms with Gasteiger partial charge in [0.1, 0.15) is 18.2 Å². The van der Waals surface area contributed by atoms with E-state index in [0.717, 1.165) is 23.4 Å². The van der Waals surface area contributed by atoms with Crippen LogP contribution in [0.4, 0.5) is 0 Å². The zero-order valence-electron chi connectivity index (χ0n) is 17.2. The van der Waals surface area contributed by atoms with Crippen LogP contribution < -0.4 is 9.47 Å². The predicted molar refractivity (Wildman–Crippen MR) is 111 cm³/mol. The smallest absolute Gasteiger partial charge is 0.231 e. The highest BCUT2D eigenvalue weighted by Gasteiger charge is 2.34. The fourth-order valence-electron chi connectivity index (χ4n) is 3.54. The largest absolute Gasteiger partial charge is 0.478 e. The fraction of sp³-hybridized carbons (Fsp3) is 0.375. The normalized spacial score (nSPS) is 18.1. The number of allylic oxidation sites excluding steroid dienone is 1. The number of benzene rings is 2. The van der Waals surface area contributed by atoms with Crippen LogP contribution in [-0.4, -0.2) is 23.5 Å². The Labute approximate surface area is 166 Å². The van der Waals surface area contributed by atoms with Crippen molar-refractivity contribution in [1.82, 2.24) is 4.90 Å². The van der Waals surface area contributed by atoms with Crippen LogP contribution >= 0.6 is 0 Å². The molecule has 2 aromatic rings. The molecule has 0 bridgehead atoms. The average Bonchev–Trinajstić information content (AvgIpc) is 2.97. The van der Waals surface area contributed by atoms with Crippen molar-refractivity contribution < 1.29 is 14.3 Å². The van der Waals surface area contributed by atoms with Crippen molar-refractivity contribution in [2.75, 3.05) is 6.73 Å². The molecule has 0 spiro atoms. The summed E-state index contributed by atoms with van der Waals surface area (Å²) < 4.78 is 11.9. The third-order valence-corrected chi connectivity index (χ3v) is 5.45. The van der Waals surface area contributed by atoms with Crippen molar-refractivity contribution in [3.8, 4) is 11.5 Å². The highest BCUT2D eigenvalue weighted by Crippen LogP contribution is 2.42. The molecule has 0 unspecified atom stereocenters. The number of fused-ring (bicyclic) bond motifs is 3. The molecule has 0 aromatic heterocycles. The zero-order valence-corrected chi connectivity index (χ0v) is 17.2. The zero-order chi connectivity index (χ0) is 20.1. The molecule has 0 amide bonds. The maximum atomic E-state index is 12.9. The van der Waals surface area contributed by atoms with Gasteiger partial charge in [0.15, 0.2) is 5.76 Å². The minimum atomic E-state index is -0.0700. The van der Waals surface area contributed by atoms with Gasteiger partial charge in [0.2, 0.25) is 5.78 Å². The van der Waals surface area contributed by atoms with Crippen LogP contribution in [0.5, 0.6) is 11.5 Å². The van der Waals surface area contributed by atoms with Gasteiger partial charge >= 0.3 is 0 Å². The molecule has 4 rings (SSSR count). The molecule has 2 heterocycles. The Bertz CT molecular complexity index is 949. The Balaban J connectivity index is 1.64. The number of nitrogens with zero attached hydrogens (tertiary/aromatic N) is 1. The van der Waals surface area contributed by atoms with E-state index in [1.165, 1.54) is 5.56 Å². The number of rotatable bonds is 2. The summed E-state index contributed by atoms with van der Waals surface area (Å²) in [7, 11) is 0. The van der Waals surface area contributed by atoms with Crippen molar-refractivity contribution >= 4 is 11.9 Å². The first-order valence-corrected chi connectivity index (χ1v) is 9.81. The molecule has 0 aliphatic carbocycles. The van der Waals surface area contributed by atoms with Crippen molar-refractivity contribution in [3.63, 3.8) is 0 Å². The SMILES string of the molecule is CC(C)N1COc2ccc3c(c2C1)O/C(=C\c1ccc(C(C)(C)C)cc1)C3=O. The summed E-state index contributed by atoms with van der Waals surface area (Å²) in [6.45, 7) is 12.1. The summed E-state index contributed by atoms with van der Waals surface area (Å²) in [6.07, 6.45) is 1.82. The summed E-state index contributed by atoms with van der Waals surface area (Å²) in [6, 6.07) is 12.3. The Hall–Kier alpha value is -2.59. The van der Waals surface area contributed by atoms with Crippen LogP contribution in [0, 0.1) is 0 Å². The number of carbonyl (C=O) groups excluding carboxylic acids is 1. The van der Waals surface area contributed by atoms with Gasteiger partial charge in [0.25, 0.3) is 0 Å². The number of ketones is 1. The topological polar surface area (TPSA) is 38.8 Å². The lowest BCUT2D eigenvalue weighted by Gasteiger charge is -2.32.